The van der Waals surface area contributed by atoms with Gasteiger partial charge in [0.2, 0.25) is 23.6 Å². The molecule has 5 aliphatic heterocycles. The summed E-state index contributed by atoms with van der Waals surface area (Å²) in [5, 5.41) is 61.5. The molecule has 6 aliphatic rings. The number of piperidine rings is 1. The Balaban J connectivity index is 0.535. The summed E-state index contributed by atoms with van der Waals surface area (Å²) in [5.74, 6) is -6.58. The third-order valence-electron chi connectivity index (χ3n) is 27.2. The van der Waals surface area contributed by atoms with Crippen LogP contribution in [0.2, 0.25) is 0 Å². The highest BCUT2D eigenvalue weighted by Gasteiger charge is 2.53. The number of rotatable bonds is 30. The number of cyclic esters (lactones) is 1. The zero-order chi connectivity index (χ0) is 95.8. The van der Waals surface area contributed by atoms with Crippen LogP contribution in [0.3, 0.4) is 0 Å². The number of carbonyl (C=O) groups excluding carboxylic acids is 6. The highest BCUT2D eigenvalue weighted by Crippen LogP contribution is 2.40. The van der Waals surface area contributed by atoms with Crippen molar-refractivity contribution in [2.75, 3.05) is 129 Å². The maximum atomic E-state index is 14.8. The molecule has 2 bridgehead atoms. The number of aliphatic hydroxyl groups excluding tert-OH is 3. The number of piperazine rings is 1. The minimum Gasteiger partial charge on any atom is -0.460 e. The lowest BCUT2D eigenvalue weighted by Gasteiger charge is -2.43. The van der Waals surface area contributed by atoms with Gasteiger partial charge in [-0.15, -0.1) is 0 Å². The van der Waals surface area contributed by atoms with Crippen molar-refractivity contribution in [3.8, 4) is 11.3 Å². The van der Waals surface area contributed by atoms with Crippen LogP contribution in [0, 0.1) is 35.5 Å². The fourth-order valence-corrected chi connectivity index (χ4v) is 19.0. The van der Waals surface area contributed by atoms with E-state index in [1.807, 2.05) is 84.0 Å². The van der Waals surface area contributed by atoms with E-state index in [0.717, 1.165) is 45.3 Å². The van der Waals surface area contributed by atoms with Gasteiger partial charge in [-0.05, 0) is 154 Å². The van der Waals surface area contributed by atoms with Crippen LogP contribution in [0.5, 0.6) is 0 Å². The monoisotopic (exact) mass is 1870 g/mol. The number of nitrogens with two attached hydrogens (primary N) is 1. The summed E-state index contributed by atoms with van der Waals surface area (Å²) in [5.41, 5.74) is 15.4. The number of esters is 1. The summed E-state index contributed by atoms with van der Waals surface area (Å²) in [6.07, 6.45) is 23.1. The molecule has 1 aromatic carbocycles. The Hall–Kier alpha value is -10.8. The number of H-pyrrole nitrogens is 1. The lowest BCUT2D eigenvalue weighted by atomic mass is 9.78. The molecule has 0 spiro atoms. The van der Waals surface area contributed by atoms with Crippen molar-refractivity contribution in [2.24, 2.45) is 40.7 Å². The molecule has 8 N–H and O–H groups in total. The first-order valence-electron chi connectivity index (χ1n) is 47.6. The summed E-state index contributed by atoms with van der Waals surface area (Å²) in [6, 6.07) is 9.15. The zero-order valence-corrected chi connectivity index (χ0v) is 79.4. The average molecular weight is 1870 g/mol. The van der Waals surface area contributed by atoms with Gasteiger partial charge in [0.15, 0.2) is 18.0 Å². The van der Waals surface area contributed by atoms with Gasteiger partial charge in [-0.25, -0.2) is 44.4 Å². The Morgan fingerprint density at radius 3 is 2.19 bits per heavy atom. The van der Waals surface area contributed by atoms with Crippen LogP contribution in [0.4, 0.5) is 17.7 Å². The first kappa shape index (κ1) is 102. The topological polar surface area (TPSA) is 454 Å². The molecule has 0 unspecified atom stereocenters. The molecule has 730 valence electrons. The number of benzene rings is 1. The number of nitrogens with zero attached hydrogens (tertiary/aromatic N) is 14. The van der Waals surface area contributed by atoms with Gasteiger partial charge in [-0.3, -0.25) is 24.0 Å². The van der Waals surface area contributed by atoms with Crippen molar-refractivity contribution in [1.29, 1.82) is 0 Å². The highest BCUT2D eigenvalue weighted by atomic mass is 16.6. The number of amides is 3. The van der Waals surface area contributed by atoms with E-state index in [4.69, 9.17) is 53.6 Å². The fraction of sp³-hybridized carbons (Fsp3) is 0.586. The predicted octanol–water partition coefficient (Wildman–Crippen LogP) is 8.95. The number of fused-ring (bicyclic) bond motifs is 6. The van der Waals surface area contributed by atoms with Gasteiger partial charge in [0, 0.05) is 159 Å². The van der Waals surface area contributed by atoms with E-state index in [0.29, 0.717) is 188 Å². The molecule has 1 saturated carbocycles. The second-order valence-electron chi connectivity index (χ2n) is 37.0. The third kappa shape index (κ3) is 26.7. The number of ketones is 2. The number of hydrogen-bond donors (Lipinski definition) is 7. The number of ether oxygens (including phenoxy) is 8. The smallest absolute Gasteiger partial charge is 0.329 e. The number of Topliss-reactive ketones (excluding diaryl/α,β-unsaturated/α-hetero) is 2. The number of aliphatic hydroxyl groups is 4. The number of nitrogen functional groups attached to an aromatic ring is 1. The van der Waals surface area contributed by atoms with Gasteiger partial charge >= 0.3 is 5.97 Å². The Labute approximate surface area is 788 Å². The molecule has 6 aromatic heterocycles. The molecule has 11 heterocycles. The molecule has 13 rings (SSSR count). The SMILES string of the molecule is CO[C@H]1C[C@@H]2CC[C@@H](C)[C@@](O)(O2)C(=O)C(=O)N2CCCC[C@H]2C(=O)O[C@H]([C@H](C)C[C@@H]2CC[C@@H](O)[C@H](OC)C2)C[C@@H](O)[C@H](C)/C=C(\C)[C@@H](O)[C@@H](OC)C(=NOCC(=O)CCc2cnc(N3CCN(c4ncc(C(=O)NCCOCCOCCOCCC(=O)N5CCc6cc(Cn7nc(-c8cnc9[nH]ccc9c8)c8c(N)ncnc87)ccc6C5)cn4)CC3)nc2)[C@H](C)C[C@H](C)/C=C/C=C/C=C/1C. The lowest BCUT2D eigenvalue weighted by molar-refractivity contribution is -0.265. The number of allylic oxidation sites excluding steroid dienone is 5. The van der Waals surface area contributed by atoms with E-state index in [-0.39, 0.29) is 112 Å². The average Bonchev–Trinajstić information content (AvgIpc) is 1.69. The Kier molecular flexibility index (Phi) is 36.7. The number of methoxy groups -OCH3 is 3. The molecule has 16 atom stereocenters. The standard InChI is InChI=1S/C99H135N17O19/c1-61-16-12-11-13-17-62(2)81(127-8)50-77-25-19-67(7)99(126,135-77)90(122)95(124)115-32-15-14-18-78(115)96(125)134-82(64(4)46-68-22-26-79(118)83(48-68)128-9)51-80(119)63(3)45-66(6)88(121)89(129-10)86(65(5)44-61)111-133-59-76(117)24-21-70-52-104-97(105-53-70)112-34-36-113(37-35-112)98-106-55-75(56-107-98)94(123)102-31-39-131-41-43-132-42-40-130-38-29-84(120)114-33-28-71-47-69(20-23-73(71)58-114)57-116-93-85(91(100)108-60-109-93)87(110-116)74-49-72-27-30-101-92(72)103-54-74/h11-13,16-17,20,23,27,30,45,47,49,52-56,60-61,63-65,67-68,77-83,88-89,118-119,121,126H,14-15,18-19,21-22,24-26,28-29,31-44,46,48,50-51,57-59H2,1-10H3,(H,101,103)(H,102,123)(H2,100,108,109)/b13-11+,16-12+,62-17+,66-45+,111-86?/t61-,63-,64-,65-,67-,68+,77+,78+,79-,80-,81+,82+,83-,88-,89+,99-/m1/s1. The molecule has 3 amide bonds. The van der Waals surface area contributed by atoms with Crippen LogP contribution in [0.25, 0.3) is 33.3 Å². The molecular weight excluding hydrogens is 1730 g/mol. The fourth-order valence-electron chi connectivity index (χ4n) is 19.0. The van der Waals surface area contributed by atoms with E-state index in [1.54, 1.807) is 59.7 Å². The first-order valence-corrected chi connectivity index (χ1v) is 47.6. The van der Waals surface area contributed by atoms with Crippen LogP contribution in [-0.2, 0) is 92.6 Å². The molecular formula is C99H135N17O19. The largest absolute Gasteiger partial charge is 0.460 e. The van der Waals surface area contributed by atoms with Gasteiger partial charge in [0.25, 0.3) is 17.6 Å². The molecule has 4 fully saturated rings. The second-order valence-corrected chi connectivity index (χ2v) is 37.0. The molecule has 36 nitrogen and oxygen atoms in total. The summed E-state index contributed by atoms with van der Waals surface area (Å²) in [4.78, 5) is 132. The minimum atomic E-state index is -2.47. The lowest BCUT2D eigenvalue weighted by Crippen LogP contribution is -2.61. The number of pyridine rings is 1. The molecule has 135 heavy (non-hydrogen) atoms. The van der Waals surface area contributed by atoms with Crippen molar-refractivity contribution in [3.05, 3.63) is 149 Å². The van der Waals surface area contributed by atoms with Crippen molar-refractivity contribution >= 4 is 80.8 Å². The van der Waals surface area contributed by atoms with Crippen molar-refractivity contribution in [2.45, 2.75) is 225 Å². The Morgan fingerprint density at radius 1 is 0.726 bits per heavy atom. The normalized spacial score (nSPS) is 27.6. The molecule has 1 aliphatic carbocycles. The van der Waals surface area contributed by atoms with Crippen LogP contribution in [-0.4, -0.2) is 295 Å². The maximum Gasteiger partial charge on any atom is 0.329 e. The molecule has 0 radical (unpaired) electrons. The highest BCUT2D eigenvalue weighted by molar-refractivity contribution is 6.39. The minimum absolute atomic E-state index is 0.0310. The van der Waals surface area contributed by atoms with Gasteiger partial charge in [0.1, 0.15) is 47.8 Å². The summed E-state index contributed by atoms with van der Waals surface area (Å²) in [7, 11) is 4.61. The van der Waals surface area contributed by atoms with Crippen molar-refractivity contribution in [1.82, 2.24) is 64.8 Å². The van der Waals surface area contributed by atoms with Crippen LogP contribution in [0.15, 0.2) is 127 Å². The Morgan fingerprint density at radius 2 is 1.46 bits per heavy atom. The molecule has 3 saturated heterocycles. The molecule has 7 aromatic rings. The van der Waals surface area contributed by atoms with Gasteiger partial charge in [0.05, 0.1) is 99.8 Å². The Bertz CT molecular complexity index is 5290. The van der Waals surface area contributed by atoms with Gasteiger partial charge in [-0.2, -0.15) is 5.10 Å². The maximum absolute atomic E-state index is 14.8. The van der Waals surface area contributed by atoms with E-state index in [2.05, 4.69) is 80.4 Å². The van der Waals surface area contributed by atoms with E-state index in [1.165, 1.54) is 36.3 Å². The van der Waals surface area contributed by atoms with Crippen LogP contribution in [0.1, 0.15) is 171 Å². The first-order chi connectivity index (χ1) is 65.2. The van der Waals surface area contributed by atoms with Gasteiger partial charge < -0.3 is 98.8 Å². The quantitative estimate of drug-likeness (QED) is 0.00725. The predicted molar refractivity (Wildman–Crippen MR) is 505 cm³/mol. The number of carbonyl (C=O) groups is 6. The van der Waals surface area contributed by atoms with E-state index in [9.17, 15) is 49.2 Å². The van der Waals surface area contributed by atoms with Crippen LogP contribution >= 0.6 is 0 Å². The number of aromatic amines is 1. The number of oxime groups is 1. The van der Waals surface area contributed by atoms with Crippen molar-refractivity contribution in [3.63, 3.8) is 0 Å². The summed E-state index contributed by atoms with van der Waals surface area (Å²) in [6.45, 7) is 18.8. The van der Waals surface area contributed by atoms with E-state index >= 15 is 0 Å². The summed E-state index contributed by atoms with van der Waals surface area (Å²) < 4.78 is 49.4. The summed E-state index contributed by atoms with van der Waals surface area (Å²) >= 11 is 0. The number of nitrogens with one attached hydrogen (secondary N) is 2. The second kappa shape index (κ2) is 48.8. The van der Waals surface area contributed by atoms with Gasteiger partial charge in [-0.1, -0.05) is 94.4 Å². The molecule has 36 heteroatoms. The number of hydrogen-bond acceptors (Lipinski definition) is 31. The third-order valence-corrected chi connectivity index (χ3v) is 27.2. The number of aryl methyl sites for hydroxylation is 1. The number of anilines is 3. The zero-order valence-electron chi connectivity index (χ0n) is 79.4. The number of aromatic nitrogens is 10. The van der Waals surface area contributed by atoms with Crippen LogP contribution < -0.4 is 20.9 Å². The van der Waals surface area contributed by atoms with Crippen molar-refractivity contribution < 1.29 is 91.9 Å². The van der Waals surface area contributed by atoms with E-state index < -0.39 is 84.1 Å².